The van der Waals surface area contributed by atoms with Crippen LogP contribution in [0.3, 0.4) is 0 Å². The van der Waals surface area contributed by atoms with E-state index in [4.69, 9.17) is 14.2 Å². The second-order valence-electron chi connectivity index (χ2n) is 9.11. The van der Waals surface area contributed by atoms with E-state index in [0.717, 1.165) is 30.2 Å². The molecule has 1 saturated heterocycles. The normalized spacial score (nSPS) is 19.2. The third-order valence-electron chi connectivity index (χ3n) is 5.81. The quantitative estimate of drug-likeness (QED) is 0.316. The van der Waals surface area contributed by atoms with E-state index in [0.29, 0.717) is 12.7 Å². The van der Waals surface area contributed by atoms with Crippen molar-refractivity contribution in [3.63, 3.8) is 0 Å². The van der Waals surface area contributed by atoms with Gasteiger partial charge in [-0.15, -0.1) is 0 Å². The summed E-state index contributed by atoms with van der Waals surface area (Å²) in [4.78, 5) is 37.9. The van der Waals surface area contributed by atoms with Gasteiger partial charge in [-0.25, -0.2) is 4.79 Å². The maximum absolute atomic E-state index is 13.6. The molecule has 0 radical (unpaired) electrons. The average Bonchev–Trinajstić information content (AvgIpc) is 3.05. The van der Waals surface area contributed by atoms with Gasteiger partial charge in [-0.1, -0.05) is 19.8 Å². The number of nitrogens with one attached hydrogen (secondary N) is 1. The van der Waals surface area contributed by atoms with Crippen molar-refractivity contribution in [3.05, 3.63) is 29.3 Å². The van der Waals surface area contributed by atoms with E-state index in [2.05, 4.69) is 5.32 Å². The molecule has 2 rings (SSSR count). The number of rotatable bonds is 12. The first kappa shape index (κ1) is 29.4. The maximum Gasteiger partial charge on any atom is 0.419 e. The van der Waals surface area contributed by atoms with Gasteiger partial charge < -0.3 is 24.6 Å². The molecule has 0 bridgehead atoms. The largest absolute Gasteiger partial charge is 0.491 e. The van der Waals surface area contributed by atoms with E-state index in [1.54, 1.807) is 0 Å². The third kappa shape index (κ3) is 7.10. The molecule has 1 unspecified atom stereocenters. The first-order valence-corrected chi connectivity index (χ1v) is 11.6. The summed E-state index contributed by atoms with van der Waals surface area (Å²) < 4.78 is 56.8. The summed E-state index contributed by atoms with van der Waals surface area (Å²) in [5, 5.41) is 11.8. The Morgan fingerprint density at radius 2 is 1.83 bits per heavy atom. The summed E-state index contributed by atoms with van der Waals surface area (Å²) in [7, 11) is 0. The lowest BCUT2D eigenvalue weighted by molar-refractivity contribution is -0.139. The molecular formula is C24H33F3N2O7. The van der Waals surface area contributed by atoms with Crippen molar-refractivity contribution in [2.24, 2.45) is 0 Å². The minimum Gasteiger partial charge on any atom is -0.491 e. The van der Waals surface area contributed by atoms with Gasteiger partial charge in [-0.2, -0.15) is 13.2 Å². The highest BCUT2D eigenvalue weighted by Gasteiger charge is 2.56. The number of carbonyl (C=O) groups is 3. The van der Waals surface area contributed by atoms with Crippen LogP contribution in [0.25, 0.3) is 0 Å². The predicted octanol–water partition coefficient (Wildman–Crippen LogP) is 4.09. The Morgan fingerprint density at radius 1 is 1.14 bits per heavy atom. The van der Waals surface area contributed by atoms with E-state index in [1.807, 2.05) is 6.92 Å². The van der Waals surface area contributed by atoms with Crippen LogP contribution < -0.4 is 10.1 Å². The number of amides is 2. The number of nitrogens with zero attached hydrogens (tertiary/aromatic N) is 1. The number of alkyl halides is 3. The zero-order valence-corrected chi connectivity index (χ0v) is 20.9. The summed E-state index contributed by atoms with van der Waals surface area (Å²) in [6.45, 7) is 5.99. The van der Waals surface area contributed by atoms with Gasteiger partial charge >= 0.3 is 12.3 Å². The fourth-order valence-corrected chi connectivity index (χ4v) is 3.92. The number of ether oxygens (including phenoxy) is 3. The van der Waals surface area contributed by atoms with E-state index < -0.39 is 53.1 Å². The zero-order chi connectivity index (χ0) is 27.1. The predicted molar refractivity (Wildman–Crippen MR) is 123 cm³/mol. The molecule has 0 saturated carbocycles. The summed E-state index contributed by atoms with van der Waals surface area (Å²) in [5.74, 6) is -2.03. The zero-order valence-electron chi connectivity index (χ0n) is 20.9. The number of hydrogen-bond acceptors (Lipinski definition) is 6. The van der Waals surface area contributed by atoms with Crippen LogP contribution in [0.2, 0.25) is 0 Å². The fourth-order valence-electron chi connectivity index (χ4n) is 3.92. The van der Waals surface area contributed by atoms with Crippen molar-refractivity contribution in [3.8, 4) is 5.75 Å². The Balaban J connectivity index is 2.04. The van der Waals surface area contributed by atoms with Crippen LogP contribution in [0.5, 0.6) is 5.75 Å². The number of Topliss-reactive ketones (excluding diaryl/α,β-unsaturated/α-hetero) is 1. The minimum absolute atomic E-state index is 0.0877. The molecule has 2 amide bonds. The Kier molecular flexibility index (Phi) is 9.72. The van der Waals surface area contributed by atoms with Gasteiger partial charge in [0.25, 0.3) is 0 Å². The van der Waals surface area contributed by atoms with Gasteiger partial charge in [0.1, 0.15) is 23.6 Å². The molecule has 1 aromatic rings. The van der Waals surface area contributed by atoms with Crippen LogP contribution >= 0.6 is 0 Å². The molecular weight excluding hydrogens is 485 g/mol. The molecule has 1 aliphatic heterocycles. The molecule has 0 aromatic heterocycles. The van der Waals surface area contributed by atoms with Crippen LogP contribution in [-0.2, 0) is 20.4 Å². The van der Waals surface area contributed by atoms with Crippen molar-refractivity contribution in [2.45, 2.75) is 64.4 Å². The van der Waals surface area contributed by atoms with Crippen molar-refractivity contribution in [1.29, 1.82) is 0 Å². The molecule has 1 aromatic carbocycles. The molecule has 2 N–H and O–H groups in total. The first-order valence-electron chi connectivity index (χ1n) is 11.6. The van der Waals surface area contributed by atoms with Gasteiger partial charge in [-0.3, -0.25) is 14.5 Å². The summed E-state index contributed by atoms with van der Waals surface area (Å²) in [6.07, 6.45) is -3.29. The maximum atomic E-state index is 13.6. The molecule has 12 heteroatoms. The van der Waals surface area contributed by atoms with Crippen LogP contribution in [-0.4, -0.2) is 72.0 Å². The van der Waals surface area contributed by atoms with Crippen molar-refractivity contribution in [2.75, 3.05) is 33.0 Å². The standard InChI is InChI=1S/C24H33F3N2O7/c1-5-6-7-10-34-11-12-35-19-9-8-16(13-17(19)24(25,26)27)18(30)14-28-20(31)23(4)15-36-22(2,3)29(23)21(32)33/h8-9,13H,5-7,10-12,14-15H2,1-4H3,(H,28,31)(H,32,33). The van der Waals surface area contributed by atoms with Crippen LogP contribution in [0, 0.1) is 0 Å². The highest BCUT2D eigenvalue weighted by atomic mass is 19.4. The number of ketones is 1. The Hall–Kier alpha value is -2.86. The van der Waals surface area contributed by atoms with Gasteiger partial charge in [0.15, 0.2) is 5.78 Å². The second kappa shape index (κ2) is 11.9. The summed E-state index contributed by atoms with van der Waals surface area (Å²) in [5.41, 5.74) is -4.31. The number of carboxylic acid groups (broad SMARTS) is 1. The molecule has 1 heterocycles. The second-order valence-corrected chi connectivity index (χ2v) is 9.11. The summed E-state index contributed by atoms with van der Waals surface area (Å²) in [6, 6.07) is 2.89. The van der Waals surface area contributed by atoms with Crippen LogP contribution in [0.1, 0.15) is 62.9 Å². The Labute approximate surface area is 207 Å². The van der Waals surface area contributed by atoms with Crippen LogP contribution in [0.4, 0.5) is 18.0 Å². The average molecular weight is 519 g/mol. The molecule has 0 aliphatic carbocycles. The Bertz CT molecular complexity index is 952. The Morgan fingerprint density at radius 3 is 2.44 bits per heavy atom. The molecule has 202 valence electrons. The van der Waals surface area contributed by atoms with Crippen molar-refractivity contribution in [1.82, 2.24) is 10.2 Å². The number of hydrogen-bond donors (Lipinski definition) is 2. The smallest absolute Gasteiger partial charge is 0.419 e. The molecule has 36 heavy (non-hydrogen) atoms. The minimum atomic E-state index is -4.78. The third-order valence-corrected chi connectivity index (χ3v) is 5.81. The number of carbonyl (C=O) groups excluding carboxylic acids is 2. The molecule has 1 fully saturated rings. The highest BCUT2D eigenvalue weighted by Crippen LogP contribution is 2.37. The van der Waals surface area contributed by atoms with Gasteiger partial charge in [-0.05, 0) is 45.4 Å². The molecule has 1 atom stereocenters. The van der Waals surface area contributed by atoms with E-state index >= 15 is 0 Å². The lowest BCUT2D eigenvalue weighted by Crippen LogP contribution is -2.61. The van der Waals surface area contributed by atoms with Gasteiger partial charge in [0.05, 0.1) is 25.3 Å². The summed E-state index contributed by atoms with van der Waals surface area (Å²) >= 11 is 0. The number of halogens is 3. The molecule has 0 spiro atoms. The lowest BCUT2D eigenvalue weighted by atomic mass is 9.99. The number of benzene rings is 1. The SMILES string of the molecule is CCCCCOCCOc1ccc(C(=O)CNC(=O)C2(C)COC(C)(C)N2C(=O)O)cc1C(F)(F)F. The van der Waals surface area contributed by atoms with Gasteiger partial charge in [0.2, 0.25) is 5.91 Å². The first-order chi connectivity index (χ1) is 16.7. The van der Waals surface area contributed by atoms with E-state index in [1.165, 1.54) is 26.8 Å². The van der Waals surface area contributed by atoms with Crippen molar-refractivity contribution < 1.29 is 46.9 Å². The topological polar surface area (TPSA) is 114 Å². The van der Waals surface area contributed by atoms with Crippen molar-refractivity contribution >= 4 is 17.8 Å². The number of unbranched alkanes of at least 4 members (excludes halogenated alkanes) is 2. The van der Waals surface area contributed by atoms with Crippen LogP contribution in [0.15, 0.2) is 18.2 Å². The molecule has 9 nitrogen and oxygen atoms in total. The lowest BCUT2D eigenvalue weighted by Gasteiger charge is -2.36. The molecule has 1 aliphatic rings. The van der Waals surface area contributed by atoms with E-state index in [-0.39, 0.29) is 25.4 Å². The fraction of sp³-hybridized carbons (Fsp3) is 0.625. The van der Waals surface area contributed by atoms with E-state index in [9.17, 15) is 32.7 Å². The highest BCUT2D eigenvalue weighted by molar-refractivity contribution is 6.01. The monoisotopic (exact) mass is 518 g/mol. The van der Waals surface area contributed by atoms with Gasteiger partial charge in [0, 0.05) is 12.2 Å².